The highest BCUT2D eigenvalue weighted by atomic mass is 16.3. The van der Waals surface area contributed by atoms with Crippen molar-refractivity contribution in [1.29, 1.82) is 0 Å². The van der Waals surface area contributed by atoms with Crippen molar-refractivity contribution in [2.45, 2.75) is 360 Å². The third-order valence-electron chi connectivity index (χ3n) is 14.4. The summed E-state index contributed by atoms with van der Waals surface area (Å²) in [6.45, 7) is 4.22. The first kappa shape index (κ1) is 64.1. The number of carbonyl (C=O) groups excluding carboxylic acids is 1. The summed E-state index contributed by atoms with van der Waals surface area (Å²) < 4.78 is 0. The topological polar surface area (TPSA) is 89.8 Å². The van der Waals surface area contributed by atoms with Gasteiger partial charge in [0.25, 0.3) is 0 Å². The maximum atomic E-state index is 12.5. The normalized spacial score (nSPS) is 13.2. The fourth-order valence-electron chi connectivity index (χ4n) is 9.76. The van der Waals surface area contributed by atoms with Crippen LogP contribution in [0.5, 0.6) is 0 Å². The van der Waals surface area contributed by atoms with Crippen LogP contribution in [0.2, 0.25) is 0 Å². The third-order valence-corrected chi connectivity index (χ3v) is 14.4. The van der Waals surface area contributed by atoms with Crippen LogP contribution in [-0.2, 0) is 4.79 Å². The number of amides is 1. The molecular formula is C60H119NO4. The van der Waals surface area contributed by atoms with Crippen LogP contribution in [0.4, 0.5) is 0 Å². The number of rotatable bonds is 56. The van der Waals surface area contributed by atoms with E-state index in [1.165, 1.54) is 276 Å². The molecule has 0 aliphatic carbocycles. The monoisotopic (exact) mass is 918 g/mol. The summed E-state index contributed by atoms with van der Waals surface area (Å²) in [5, 5.41) is 33.8. The largest absolute Gasteiger partial charge is 0.394 e. The summed E-state index contributed by atoms with van der Waals surface area (Å²) in [4.78, 5) is 12.5. The SMILES string of the molecule is CCCCCCCCCCCCCCCCCCCCC/C=C/CCCC(O)C(O)C(CO)NC(=O)CCCCCCCCCCCCCCCCCCCCCCCCCCCCC. The van der Waals surface area contributed by atoms with Gasteiger partial charge in [0.2, 0.25) is 5.91 Å². The molecule has 0 saturated carbocycles. The number of aliphatic hydroxyl groups excluding tert-OH is 3. The van der Waals surface area contributed by atoms with Crippen LogP contribution in [0.25, 0.3) is 0 Å². The Kier molecular flexibility index (Phi) is 54.9. The van der Waals surface area contributed by atoms with Crippen LogP contribution < -0.4 is 5.32 Å². The van der Waals surface area contributed by atoms with E-state index >= 15 is 0 Å². The predicted molar refractivity (Wildman–Crippen MR) is 287 cm³/mol. The van der Waals surface area contributed by atoms with E-state index in [-0.39, 0.29) is 12.5 Å². The van der Waals surface area contributed by atoms with Crippen LogP contribution in [0.15, 0.2) is 12.2 Å². The van der Waals surface area contributed by atoms with Gasteiger partial charge in [0.1, 0.15) is 6.10 Å². The molecule has 5 nitrogen and oxygen atoms in total. The first-order valence-corrected chi connectivity index (χ1v) is 30.0. The zero-order valence-electron chi connectivity index (χ0n) is 44.4. The van der Waals surface area contributed by atoms with Crippen molar-refractivity contribution in [3.05, 3.63) is 12.2 Å². The van der Waals surface area contributed by atoms with Crippen LogP contribution in [0.3, 0.4) is 0 Å². The third kappa shape index (κ3) is 50.8. The summed E-state index contributed by atoms with van der Waals surface area (Å²) in [7, 11) is 0. The zero-order chi connectivity index (χ0) is 47.2. The lowest BCUT2D eigenvalue weighted by molar-refractivity contribution is -0.124. The standard InChI is InChI=1S/C60H119NO4/c1-3-5-7-9-11-13-15-17-19-21-23-25-27-29-30-31-33-35-37-39-41-43-45-47-49-51-53-55-59(64)61-57(56-62)60(65)58(63)54-52-50-48-46-44-42-40-38-36-34-32-28-26-24-22-20-18-16-14-12-10-8-6-4-2/h46,48,57-58,60,62-63,65H,3-45,47,49-56H2,1-2H3,(H,61,64)/b48-46+. The molecule has 0 aromatic carbocycles. The van der Waals surface area contributed by atoms with Crippen LogP contribution >= 0.6 is 0 Å². The Hall–Kier alpha value is -0.910. The smallest absolute Gasteiger partial charge is 0.220 e. The number of aliphatic hydroxyl groups is 3. The quantitative estimate of drug-likeness (QED) is 0.0361. The summed E-state index contributed by atoms with van der Waals surface area (Å²) >= 11 is 0. The zero-order valence-corrected chi connectivity index (χ0v) is 44.4. The van der Waals surface area contributed by atoms with E-state index in [0.29, 0.717) is 12.8 Å². The fraction of sp³-hybridized carbons (Fsp3) is 0.950. The Bertz CT molecular complexity index is 925. The van der Waals surface area contributed by atoms with Gasteiger partial charge in [-0.3, -0.25) is 4.79 Å². The second kappa shape index (κ2) is 55.7. The van der Waals surface area contributed by atoms with Gasteiger partial charge in [0, 0.05) is 6.42 Å². The molecule has 0 aromatic rings. The maximum absolute atomic E-state index is 12.5. The number of nitrogens with one attached hydrogen (secondary N) is 1. The number of hydrogen-bond donors (Lipinski definition) is 4. The number of allylic oxidation sites excluding steroid dienone is 2. The molecule has 1 amide bonds. The van der Waals surface area contributed by atoms with Crippen molar-refractivity contribution in [3.8, 4) is 0 Å². The lowest BCUT2D eigenvalue weighted by Crippen LogP contribution is -2.50. The number of hydrogen-bond acceptors (Lipinski definition) is 4. The predicted octanol–water partition coefficient (Wildman–Crippen LogP) is 18.7. The molecule has 0 radical (unpaired) electrons. The Balaban J connectivity index is 3.51. The first-order valence-electron chi connectivity index (χ1n) is 30.0. The van der Waals surface area contributed by atoms with Gasteiger partial charge in [-0.05, 0) is 38.5 Å². The van der Waals surface area contributed by atoms with Gasteiger partial charge in [-0.1, -0.05) is 309 Å². The summed E-state index contributed by atoms with van der Waals surface area (Å²) in [5.74, 6) is -0.146. The minimum Gasteiger partial charge on any atom is -0.394 e. The highest BCUT2D eigenvalue weighted by Crippen LogP contribution is 2.18. The lowest BCUT2D eigenvalue weighted by atomic mass is 10.0. The molecule has 0 aromatic heterocycles. The first-order chi connectivity index (χ1) is 32.1. The molecule has 388 valence electrons. The van der Waals surface area contributed by atoms with Crippen LogP contribution in [0, 0.1) is 0 Å². The van der Waals surface area contributed by atoms with Crippen molar-refractivity contribution in [2.75, 3.05) is 6.61 Å². The van der Waals surface area contributed by atoms with Gasteiger partial charge in [-0.15, -0.1) is 0 Å². The minimum atomic E-state index is -1.16. The highest BCUT2D eigenvalue weighted by Gasteiger charge is 2.26. The minimum absolute atomic E-state index is 0.146. The molecule has 0 aliphatic heterocycles. The van der Waals surface area contributed by atoms with Gasteiger partial charge in [0.05, 0.1) is 18.8 Å². The molecule has 4 N–H and O–H groups in total. The van der Waals surface area contributed by atoms with Crippen molar-refractivity contribution >= 4 is 5.91 Å². The van der Waals surface area contributed by atoms with Crippen molar-refractivity contribution in [1.82, 2.24) is 5.32 Å². The van der Waals surface area contributed by atoms with Gasteiger partial charge < -0.3 is 20.6 Å². The number of unbranched alkanes of at least 4 members (excludes halogenated alkanes) is 46. The van der Waals surface area contributed by atoms with E-state index in [2.05, 4.69) is 31.3 Å². The average Bonchev–Trinajstić information content (AvgIpc) is 3.31. The van der Waals surface area contributed by atoms with E-state index < -0.39 is 18.2 Å². The van der Waals surface area contributed by atoms with E-state index in [1.807, 2.05) is 0 Å². The summed E-state index contributed by atoms with van der Waals surface area (Å²) in [6, 6.07) is -0.823. The Morgan fingerprint density at radius 3 is 0.892 bits per heavy atom. The summed E-state index contributed by atoms with van der Waals surface area (Å²) in [6.07, 6.45) is 69.6. The highest BCUT2D eigenvalue weighted by molar-refractivity contribution is 5.76. The Labute approximate surface area is 408 Å². The summed E-state index contributed by atoms with van der Waals surface area (Å²) in [5.41, 5.74) is 0. The second-order valence-electron chi connectivity index (χ2n) is 20.9. The molecule has 5 heteroatoms. The molecule has 0 saturated heterocycles. The molecule has 65 heavy (non-hydrogen) atoms. The van der Waals surface area contributed by atoms with E-state index in [9.17, 15) is 20.1 Å². The van der Waals surface area contributed by atoms with E-state index in [1.54, 1.807) is 0 Å². The van der Waals surface area contributed by atoms with Crippen molar-refractivity contribution in [3.63, 3.8) is 0 Å². The van der Waals surface area contributed by atoms with Gasteiger partial charge in [-0.25, -0.2) is 0 Å². The molecular weight excluding hydrogens is 799 g/mol. The van der Waals surface area contributed by atoms with Gasteiger partial charge in [0.15, 0.2) is 0 Å². The van der Waals surface area contributed by atoms with Crippen LogP contribution in [0.1, 0.15) is 341 Å². The van der Waals surface area contributed by atoms with E-state index in [0.717, 1.165) is 38.5 Å². The Morgan fingerprint density at radius 1 is 0.369 bits per heavy atom. The molecule has 0 rings (SSSR count). The molecule has 0 aliphatic rings. The maximum Gasteiger partial charge on any atom is 0.220 e. The average molecular weight is 919 g/mol. The van der Waals surface area contributed by atoms with Crippen molar-refractivity contribution < 1.29 is 20.1 Å². The molecule has 0 heterocycles. The molecule has 0 spiro atoms. The molecule has 3 atom stereocenters. The molecule has 3 unspecified atom stereocenters. The van der Waals surface area contributed by atoms with Gasteiger partial charge in [-0.2, -0.15) is 0 Å². The molecule has 0 fully saturated rings. The second-order valence-corrected chi connectivity index (χ2v) is 20.9. The van der Waals surface area contributed by atoms with Crippen LogP contribution in [-0.4, -0.2) is 46.1 Å². The molecule has 0 bridgehead atoms. The number of carbonyl (C=O) groups is 1. The lowest BCUT2D eigenvalue weighted by Gasteiger charge is -2.26. The Morgan fingerprint density at radius 2 is 0.615 bits per heavy atom. The van der Waals surface area contributed by atoms with Crippen molar-refractivity contribution in [2.24, 2.45) is 0 Å². The van der Waals surface area contributed by atoms with Gasteiger partial charge >= 0.3 is 0 Å². The van der Waals surface area contributed by atoms with E-state index in [4.69, 9.17) is 0 Å². The fourth-order valence-corrected chi connectivity index (χ4v) is 9.76.